The maximum atomic E-state index is 13.4. The summed E-state index contributed by atoms with van der Waals surface area (Å²) in [6.45, 7) is 4.33. The van der Waals surface area contributed by atoms with E-state index in [4.69, 9.17) is 0 Å². The molecule has 5 rings (SSSR count). The Bertz CT molecular complexity index is 1550. The third-order valence-corrected chi connectivity index (χ3v) is 6.99. The summed E-state index contributed by atoms with van der Waals surface area (Å²) in [7, 11) is 0. The van der Waals surface area contributed by atoms with Gasteiger partial charge in [-0.15, -0.1) is 0 Å². The third-order valence-electron chi connectivity index (χ3n) is 6.99. The van der Waals surface area contributed by atoms with Gasteiger partial charge >= 0.3 is 6.18 Å². The number of carbonyl (C=O) groups is 2. The number of halogens is 3. The van der Waals surface area contributed by atoms with Crippen molar-refractivity contribution in [3.8, 4) is 11.1 Å². The van der Waals surface area contributed by atoms with Gasteiger partial charge in [-0.25, -0.2) is 0 Å². The molecule has 1 aliphatic heterocycles. The van der Waals surface area contributed by atoms with E-state index in [-0.39, 0.29) is 18.2 Å². The number of aromatic nitrogens is 1. The topological polar surface area (TPSA) is 62.3 Å². The molecule has 1 N–H and O–H groups in total. The van der Waals surface area contributed by atoms with Crippen molar-refractivity contribution < 1.29 is 22.8 Å². The first kappa shape index (κ1) is 26.2. The number of anilines is 2. The monoisotopic (exact) mass is 529 g/mol. The van der Waals surface area contributed by atoms with Crippen LogP contribution in [0.5, 0.6) is 0 Å². The fourth-order valence-electron chi connectivity index (χ4n) is 4.77. The normalized spacial score (nSPS) is 12.8. The van der Waals surface area contributed by atoms with Gasteiger partial charge in [-0.2, -0.15) is 13.2 Å². The number of alkyl halides is 3. The molecular weight excluding hydrogens is 503 g/mol. The minimum Gasteiger partial charge on any atom is -0.322 e. The van der Waals surface area contributed by atoms with Crippen LogP contribution in [0.25, 0.3) is 11.1 Å². The molecule has 0 aliphatic carbocycles. The molecule has 0 radical (unpaired) electrons. The average Bonchev–Trinajstić information content (AvgIpc) is 3.33. The lowest BCUT2D eigenvalue weighted by atomic mass is 9.93. The SMILES string of the molecule is Cc1cc(C(=O)Nc2ccc3c(c2)CCN3C(=O)Cc2ccccn2)c(-c2ccc(C(F)(F)F)cc2)cc1C. The Morgan fingerprint density at radius 3 is 2.38 bits per heavy atom. The van der Waals surface area contributed by atoms with E-state index >= 15 is 0 Å². The third kappa shape index (κ3) is 5.55. The van der Waals surface area contributed by atoms with Crippen molar-refractivity contribution in [1.29, 1.82) is 0 Å². The first-order valence-corrected chi connectivity index (χ1v) is 12.5. The van der Waals surface area contributed by atoms with Crippen molar-refractivity contribution in [2.24, 2.45) is 0 Å². The Labute approximate surface area is 224 Å². The Morgan fingerprint density at radius 1 is 0.949 bits per heavy atom. The van der Waals surface area contributed by atoms with Gasteiger partial charge in [0.2, 0.25) is 5.91 Å². The maximum Gasteiger partial charge on any atom is 0.416 e. The first-order valence-electron chi connectivity index (χ1n) is 12.5. The summed E-state index contributed by atoms with van der Waals surface area (Å²) >= 11 is 0. The number of carbonyl (C=O) groups excluding carboxylic acids is 2. The van der Waals surface area contributed by atoms with Crippen LogP contribution >= 0.6 is 0 Å². The molecule has 0 fully saturated rings. The van der Waals surface area contributed by atoms with Gasteiger partial charge in [0.25, 0.3) is 5.91 Å². The van der Waals surface area contributed by atoms with E-state index in [0.29, 0.717) is 41.0 Å². The number of fused-ring (bicyclic) bond motifs is 1. The summed E-state index contributed by atoms with van der Waals surface area (Å²) in [4.78, 5) is 32.3. The van der Waals surface area contributed by atoms with Crippen LogP contribution in [0.3, 0.4) is 0 Å². The zero-order chi connectivity index (χ0) is 27.7. The van der Waals surface area contributed by atoms with Gasteiger partial charge in [-0.1, -0.05) is 24.3 Å². The fraction of sp³-hybridized carbons (Fsp3) is 0.194. The molecule has 0 unspecified atom stereocenters. The number of nitrogens with one attached hydrogen (secondary N) is 1. The van der Waals surface area contributed by atoms with E-state index in [1.165, 1.54) is 12.1 Å². The number of benzene rings is 3. The van der Waals surface area contributed by atoms with Crippen LogP contribution in [-0.4, -0.2) is 23.3 Å². The van der Waals surface area contributed by atoms with E-state index in [2.05, 4.69) is 10.3 Å². The fourth-order valence-corrected chi connectivity index (χ4v) is 4.77. The summed E-state index contributed by atoms with van der Waals surface area (Å²) in [5, 5.41) is 2.93. The molecule has 8 heteroatoms. The lowest BCUT2D eigenvalue weighted by molar-refractivity contribution is -0.137. The molecular formula is C31H26F3N3O2. The van der Waals surface area contributed by atoms with E-state index in [0.717, 1.165) is 34.5 Å². The molecule has 4 aromatic rings. The van der Waals surface area contributed by atoms with Gasteiger partial charge in [0.15, 0.2) is 0 Å². The Balaban J connectivity index is 1.37. The van der Waals surface area contributed by atoms with Gasteiger partial charge in [-0.05, 0) is 96.6 Å². The number of hydrogen-bond donors (Lipinski definition) is 1. The van der Waals surface area contributed by atoms with Crippen LogP contribution in [0.1, 0.15) is 38.3 Å². The molecule has 0 spiro atoms. The average molecular weight is 530 g/mol. The van der Waals surface area contributed by atoms with Crippen molar-refractivity contribution >= 4 is 23.2 Å². The lowest BCUT2D eigenvalue weighted by Crippen LogP contribution is -2.30. The zero-order valence-corrected chi connectivity index (χ0v) is 21.5. The summed E-state index contributed by atoms with van der Waals surface area (Å²) < 4.78 is 39.2. The summed E-state index contributed by atoms with van der Waals surface area (Å²) in [5.74, 6) is -0.408. The Morgan fingerprint density at radius 2 is 1.69 bits per heavy atom. The minimum absolute atomic E-state index is 0.0412. The van der Waals surface area contributed by atoms with E-state index in [1.54, 1.807) is 29.3 Å². The van der Waals surface area contributed by atoms with Crippen LogP contribution in [0.2, 0.25) is 0 Å². The number of nitrogens with zero attached hydrogens (tertiary/aromatic N) is 2. The van der Waals surface area contributed by atoms with Crippen LogP contribution in [0, 0.1) is 13.8 Å². The molecule has 1 aromatic heterocycles. The van der Waals surface area contributed by atoms with Crippen LogP contribution in [0.15, 0.2) is 79.0 Å². The zero-order valence-electron chi connectivity index (χ0n) is 21.5. The molecule has 0 bridgehead atoms. The quantitative estimate of drug-likeness (QED) is 0.310. The van der Waals surface area contributed by atoms with E-state index < -0.39 is 11.7 Å². The Hall–Kier alpha value is -4.46. The molecule has 5 nitrogen and oxygen atoms in total. The number of aryl methyl sites for hydroxylation is 2. The van der Waals surface area contributed by atoms with Crippen molar-refractivity contribution in [3.63, 3.8) is 0 Å². The van der Waals surface area contributed by atoms with Crippen molar-refractivity contribution in [2.75, 3.05) is 16.8 Å². The predicted octanol–water partition coefficient (Wildman–Crippen LogP) is 6.77. The molecule has 39 heavy (non-hydrogen) atoms. The molecule has 1 aliphatic rings. The molecule has 3 aromatic carbocycles. The smallest absolute Gasteiger partial charge is 0.322 e. The molecule has 0 atom stereocenters. The highest BCUT2D eigenvalue weighted by atomic mass is 19.4. The summed E-state index contributed by atoms with van der Waals surface area (Å²) in [6.07, 6.45) is -1.91. The second-order valence-corrected chi connectivity index (χ2v) is 9.65. The molecule has 198 valence electrons. The second kappa shape index (κ2) is 10.4. The number of amides is 2. The number of hydrogen-bond acceptors (Lipinski definition) is 3. The lowest BCUT2D eigenvalue weighted by Gasteiger charge is -2.18. The minimum atomic E-state index is -4.44. The van der Waals surface area contributed by atoms with Crippen molar-refractivity contribution in [3.05, 3.63) is 113 Å². The van der Waals surface area contributed by atoms with Crippen LogP contribution < -0.4 is 10.2 Å². The largest absolute Gasteiger partial charge is 0.416 e. The second-order valence-electron chi connectivity index (χ2n) is 9.65. The van der Waals surface area contributed by atoms with Crippen LogP contribution in [-0.2, 0) is 23.8 Å². The predicted molar refractivity (Wildman–Crippen MR) is 145 cm³/mol. The molecule has 0 saturated carbocycles. The Kier molecular flexibility index (Phi) is 6.95. The highest BCUT2D eigenvalue weighted by molar-refractivity contribution is 6.09. The highest BCUT2D eigenvalue weighted by Crippen LogP contribution is 2.34. The number of pyridine rings is 1. The van der Waals surface area contributed by atoms with Gasteiger partial charge in [-0.3, -0.25) is 14.6 Å². The van der Waals surface area contributed by atoms with Gasteiger partial charge in [0.1, 0.15) is 0 Å². The molecule has 2 heterocycles. The first-order chi connectivity index (χ1) is 18.6. The standard InChI is InChI=1S/C31H26F3N3O2/c1-19-15-26(21-6-8-23(9-7-21)31(32,33)34)27(16-20(19)2)30(39)36-25-10-11-28-22(17-25)12-14-37(28)29(38)18-24-5-3-4-13-35-24/h3-11,13,15-17H,12,14,18H2,1-2H3,(H,36,39). The maximum absolute atomic E-state index is 13.4. The van der Waals surface area contributed by atoms with Gasteiger partial charge < -0.3 is 10.2 Å². The van der Waals surface area contributed by atoms with E-state index in [9.17, 15) is 22.8 Å². The molecule has 0 saturated heterocycles. The van der Waals surface area contributed by atoms with Crippen molar-refractivity contribution in [2.45, 2.75) is 32.9 Å². The highest BCUT2D eigenvalue weighted by Gasteiger charge is 2.30. The van der Waals surface area contributed by atoms with Gasteiger partial charge in [0.05, 0.1) is 12.0 Å². The number of rotatable bonds is 5. The van der Waals surface area contributed by atoms with Gasteiger partial charge in [0, 0.05) is 35.4 Å². The van der Waals surface area contributed by atoms with Crippen molar-refractivity contribution in [1.82, 2.24) is 4.98 Å². The molecule has 2 amide bonds. The summed E-state index contributed by atoms with van der Waals surface area (Å²) in [6, 6.07) is 19.3. The summed E-state index contributed by atoms with van der Waals surface area (Å²) in [5.41, 5.74) is 5.56. The van der Waals surface area contributed by atoms with Crippen LogP contribution in [0.4, 0.5) is 24.5 Å². The van der Waals surface area contributed by atoms with E-state index in [1.807, 2.05) is 44.2 Å².